The van der Waals surface area contributed by atoms with Crippen LogP contribution in [0.25, 0.3) is 6.08 Å². The maximum absolute atomic E-state index is 12.4. The molecular weight excluding hydrogens is 388 g/mol. The van der Waals surface area contributed by atoms with Crippen molar-refractivity contribution in [1.29, 1.82) is 0 Å². The lowest BCUT2D eigenvalue weighted by atomic mass is 10.2. The summed E-state index contributed by atoms with van der Waals surface area (Å²) in [5.74, 6) is -0.162. The molecular formula is C18H14N2O3S3. The van der Waals surface area contributed by atoms with Crippen molar-refractivity contribution in [2.75, 3.05) is 6.54 Å². The van der Waals surface area contributed by atoms with E-state index in [9.17, 15) is 14.9 Å². The first kappa shape index (κ1) is 18.6. The van der Waals surface area contributed by atoms with E-state index in [0.29, 0.717) is 21.3 Å². The van der Waals surface area contributed by atoms with Gasteiger partial charge in [0.25, 0.3) is 11.6 Å². The Bertz CT molecular complexity index is 913. The van der Waals surface area contributed by atoms with E-state index in [4.69, 9.17) is 12.2 Å². The van der Waals surface area contributed by atoms with Gasteiger partial charge < -0.3 is 0 Å². The third-order valence-electron chi connectivity index (χ3n) is 3.65. The Labute approximate surface area is 164 Å². The van der Waals surface area contributed by atoms with Gasteiger partial charge in [0.05, 0.1) is 9.83 Å². The fourth-order valence-corrected chi connectivity index (χ4v) is 4.68. The first-order valence-electron chi connectivity index (χ1n) is 7.76. The minimum Gasteiger partial charge on any atom is -0.293 e. The molecule has 0 aromatic heterocycles. The number of nitro benzene ring substituents is 1. The smallest absolute Gasteiger partial charge is 0.270 e. The van der Waals surface area contributed by atoms with Gasteiger partial charge in [0.1, 0.15) is 4.32 Å². The van der Waals surface area contributed by atoms with Crippen molar-refractivity contribution in [1.82, 2.24) is 4.90 Å². The number of non-ortho nitro benzene ring substituents is 1. The van der Waals surface area contributed by atoms with Crippen LogP contribution in [0.1, 0.15) is 12.5 Å². The van der Waals surface area contributed by atoms with Gasteiger partial charge >= 0.3 is 0 Å². The highest BCUT2D eigenvalue weighted by molar-refractivity contribution is 8.26. The van der Waals surface area contributed by atoms with E-state index in [1.165, 1.54) is 40.6 Å². The SMILES string of the molecule is CCN1C(=O)/C(=C\c2cc([N+](=O)[O-])ccc2Sc2ccccc2)SC1=S. The van der Waals surface area contributed by atoms with Gasteiger partial charge in [-0.25, -0.2) is 0 Å². The normalized spacial score (nSPS) is 15.7. The number of nitro groups is 1. The fraction of sp³-hybridized carbons (Fsp3) is 0.111. The number of nitrogens with zero attached hydrogens (tertiary/aromatic N) is 2. The number of amides is 1. The Morgan fingerprint density at radius 3 is 2.62 bits per heavy atom. The molecule has 0 saturated carbocycles. The van der Waals surface area contributed by atoms with Crippen molar-refractivity contribution >= 4 is 57.7 Å². The molecule has 0 unspecified atom stereocenters. The Balaban J connectivity index is 2.02. The number of hydrogen-bond donors (Lipinski definition) is 0. The summed E-state index contributed by atoms with van der Waals surface area (Å²) in [5.41, 5.74) is 0.615. The monoisotopic (exact) mass is 402 g/mol. The molecule has 1 saturated heterocycles. The average molecular weight is 403 g/mol. The Morgan fingerprint density at radius 2 is 2.00 bits per heavy atom. The molecule has 26 heavy (non-hydrogen) atoms. The third-order valence-corrected chi connectivity index (χ3v) is 6.13. The molecule has 0 atom stereocenters. The number of hydrogen-bond acceptors (Lipinski definition) is 6. The van der Waals surface area contributed by atoms with E-state index in [-0.39, 0.29) is 11.6 Å². The topological polar surface area (TPSA) is 63.5 Å². The maximum Gasteiger partial charge on any atom is 0.270 e. The zero-order chi connectivity index (χ0) is 18.7. The molecule has 5 nitrogen and oxygen atoms in total. The van der Waals surface area contributed by atoms with E-state index < -0.39 is 4.92 Å². The summed E-state index contributed by atoms with van der Waals surface area (Å²) >= 11 is 7.94. The molecule has 2 aromatic rings. The molecule has 0 spiro atoms. The van der Waals surface area contributed by atoms with E-state index in [1.807, 2.05) is 37.3 Å². The number of carbonyl (C=O) groups excluding carboxylic acids is 1. The Morgan fingerprint density at radius 1 is 1.27 bits per heavy atom. The number of thiocarbonyl (C=S) groups is 1. The van der Waals surface area contributed by atoms with Crippen molar-refractivity contribution in [3.63, 3.8) is 0 Å². The zero-order valence-corrected chi connectivity index (χ0v) is 16.2. The van der Waals surface area contributed by atoms with Crippen LogP contribution in [-0.2, 0) is 4.79 Å². The van der Waals surface area contributed by atoms with Crippen LogP contribution in [0.2, 0.25) is 0 Å². The van der Waals surface area contributed by atoms with Gasteiger partial charge in [-0.15, -0.1) is 0 Å². The second-order valence-electron chi connectivity index (χ2n) is 5.32. The summed E-state index contributed by atoms with van der Waals surface area (Å²) < 4.78 is 0.506. The Hall–Kier alpha value is -2.16. The van der Waals surface area contributed by atoms with Crippen LogP contribution >= 0.6 is 35.7 Å². The van der Waals surface area contributed by atoms with Crippen LogP contribution in [0.15, 0.2) is 63.2 Å². The van der Waals surface area contributed by atoms with E-state index in [0.717, 1.165) is 9.79 Å². The lowest BCUT2D eigenvalue weighted by Gasteiger charge is -2.10. The quantitative estimate of drug-likeness (QED) is 0.305. The van der Waals surface area contributed by atoms with Gasteiger partial charge in [0, 0.05) is 28.5 Å². The maximum atomic E-state index is 12.4. The molecule has 2 aromatic carbocycles. The molecule has 3 rings (SSSR count). The van der Waals surface area contributed by atoms with Gasteiger partial charge in [0.2, 0.25) is 0 Å². The van der Waals surface area contributed by atoms with Crippen LogP contribution < -0.4 is 0 Å². The lowest BCUT2D eigenvalue weighted by Crippen LogP contribution is -2.27. The van der Waals surface area contributed by atoms with E-state index in [1.54, 1.807) is 12.1 Å². The van der Waals surface area contributed by atoms with Crippen LogP contribution in [0.3, 0.4) is 0 Å². The second-order valence-corrected chi connectivity index (χ2v) is 8.11. The van der Waals surface area contributed by atoms with Crippen molar-refractivity contribution in [2.45, 2.75) is 16.7 Å². The number of likely N-dealkylation sites (N-methyl/N-ethyl adjacent to an activating group) is 1. The van der Waals surface area contributed by atoms with Crippen molar-refractivity contribution in [3.05, 3.63) is 69.1 Å². The highest BCUT2D eigenvalue weighted by Crippen LogP contribution is 2.37. The molecule has 1 aliphatic heterocycles. The largest absolute Gasteiger partial charge is 0.293 e. The summed E-state index contributed by atoms with van der Waals surface area (Å²) in [6.45, 7) is 2.36. The molecule has 1 amide bonds. The van der Waals surface area contributed by atoms with Gasteiger partial charge in [-0.3, -0.25) is 19.8 Å². The predicted molar refractivity (Wildman–Crippen MR) is 109 cm³/mol. The third kappa shape index (κ3) is 3.98. The average Bonchev–Trinajstić information content (AvgIpc) is 2.90. The summed E-state index contributed by atoms with van der Waals surface area (Å²) in [6, 6.07) is 14.4. The van der Waals surface area contributed by atoms with E-state index in [2.05, 4.69) is 0 Å². The number of thioether (sulfide) groups is 1. The van der Waals surface area contributed by atoms with Crippen molar-refractivity contribution in [2.24, 2.45) is 0 Å². The van der Waals surface area contributed by atoms with Crippen LogP contribution in [-0.4, -0.2) is 26.6 Å². The second kappa shape index (κ2) is 8.03. The molecule has 132 valence electrons. The van der Waals surface area contributed by atoms with Crippen molar-refractivity contribution in [3.8, 4) is 0 Å². The Kier molecular flexibility index (Phi) is 5.75. The van der Waals surface area contributed by atoms with Crippen LogP contribution in [0.5, 0.6) is 0 Å². The highest BCUT2D eigenvalue weighted by Gasteiger charge is 2.31. The van der Waals surface area contributed by atoms with E-state index >= 15 is 0 Å². The zero-order valence-electron chi connectivity index (χ0n) is 13.7. The lowest BCUT2D eigenvalue weighted by molar-refractivity contribution is -0.384. The summed E-state index contributed by atoms with van der Waals surface area (Å²) in [7, 11) is 0. The first-order chi connectivity index (χ1) is 12.5. The van der Waals surface area contributed by atoms with Crippen LogP contribution in [0, 0.1) is 10.1 Å². The molecule has 0 bridgehead atoms. The number of rotatable bonds is 5. The van der Waals surface area contributed by atoms with Gasteiger partial charge in [0.15, 0.2) is 0 Å². The standard InChI is InChI=1S/C18H14N2O3S3/c1-2-19-17(21)16(26-18(19)24)11-12-10-13(20(22)23)8-9-15(12)25-14-6-4-3-5-7-14/h3-11H,2H2,1H3/b16-11+. The summed E-state index contributed by atoms with van der Waals surface area (Å²) in [6.07, 6.45) is 1.69. The molecule has 8 heteroatoms. The minimum absolute atomic E-state index is 0.0142. The van der Waals surface area contributed by atoms with Gasteiger partial charge in [-0.2, -0.15) is 0 Å². The van der Waals surface area contributed by atoms with Crippen molar-refractivity contribution < 1.29 is 9.72 Å². The fourth-order valence-electron chi connectivity index (χ4n) is 2.38. The first-order valence-corrected chi connectivity index (χ1v) is 9.80. The van der Waals surface area contributed by atoms with Gasteiger partial charge in [-0.1, -0.05) is 53.9 Å². The molecule has 0 aliphatic carbocycles. The molecule has 1 fully saturated rings. The molecule has 0 N–H and O–H groups in total. The van der Waals surface area contributed by atoms with Crippen LogP contribution in [0.4, 0.5) is 5.69 Å². The number of carbonyl (C=O) groups is 1. The molecule has 1 aliphatic rings. The predicted octanol–water partition coefficient (Wildman–Crippen LogP) is 4.97. The van der Waals surface area contributed by atoms with Gasteiger partial charge in [-0.05, 0) is 36.8 Å². The summed E-state index contributed by atoms with van der Waals surface area (Å²) in [4.78, 5) is 27.0. The molecule has 0 radical (unpaired) electrons. The molecule has 1 heterocycles. The highest BCUT2D eigenvalue weighted by atomic mass is 32.2. The minimum atomic E-state index is -0.439. The number of benzene rings is 2. The summed E-state index contributed by atoms with van der Waals surface area (Å²) in [5, 5.41) is 11.2.